The van der Waals surface area contributed by atoms with Gasteiger partial charge in [-0.05, 0) is 95.8 Å². The van der Waals surface area contributed by atoms with Gasteiger partial charge in [0.15, 0.2) is 0 Å². The number of anilines is 4. The predicted octanol–water partition coefficient (Wildman–Crippen LogP) is 13.6. The highest BCUT2D eigenvalue weighted by Gasteiger charge is 2.21. The molecular weight excluding hydrogens is 681 g/mol. The van der Waals surface area contributed by atoms with E-state index < -0.39 is 0 Å². The second-order valence-corrected chi connectivity index (χ2v) is 14.0. The molecule has 0 amide bonds. The highest BCUT2D eigenvalue weighted by atomic mass is 15.2. The van der Waals surface area contributed by atoms with Crippen LogP contribution >= 0.6 is 0 Å². The summed E-state index contributed by atoms with van der Waals surface area (Å²) in [4.78, 5) is 4.00. The van der Waals surface area contributed by atoms with Gasteiger partial charge in [0.1, 0.15) is 11.7 Å². The number of nitrogens with zero attached hydrogens (tertiary/aromatic N) is 2. The molecule has 0 radical (unpaired) electrons. The quantitative estimate of drug-likeness (QED) is 0.115. The summed E-state index contributed by atoms with van der Waals surface area (Å²) in [5.74, 6) is 0.487. The van der Waals surface area contributed by atoms with Gasteiger partial charge in [-0.2, -0.15) is 0 Å². The minimum absolute atomic E-state index is 0.238. The minimum atomic E-state index is 0.238. The molecule has 0 aliphatic heterocycles. The van der Waals surface area contributed by atoms with Crippen LogP contribution in [-0.4, -0.2) is 11.7 Å². The van der Waals surface area contributed by atoms with Crippen molar-refractivity contribution in [3.05, 3.63) is 229 Å². The molecule has 56 heavy (non-hydrogen) atoms. The van der Waals surface area contributed by atoms with Crippen LogP contribution in [0.4, 0.5) is 22.7 Å². The lowest BCUT2D eigenvalue weighted by atomic mass is 9.89. The van der Waals surface area contributed by atoms with Crippen LogP contribution in [0.15, 0.2) is 206 Å². The fourth-order valence-corrected chi connectivity index (χ4v) is 7.17. The maximum absolute atomic E-state index is 9.32. The molecule has 8 rings (SSSR count). The maximum atomic E-state index is 9.32. The third-order valence-electron chi connectivity index (χ3n) is 10.1. The molecule has 8 aromatic carbocycles. The lowest BCUT2D eigenvalue weighted by Gasteiger charge is -2.26. The molecule has 4 nitrogen and oxygen atoms in total. The number of para-hydroxylation sites is 1. The Morgan fingerprint density at radius 1 is 0.321 bits per heavy atom. The SMILES string of the molecule is Cc1ccc(N(c2ccc(C)cc2)c2ccc(-c3ccccc3-c3ccccc3-c3ccc(C(=N)N(C(=N)c4ccccc4)c4ccccc4)cc3)cc2)cc1. The molecule has 0 unspecified atom stereocenters. The topological polar surface area (TPSA) is 54.2 Å². The molecule has 0 fully saturated rings. The average Bonchev–Trinajstić information content (AvgIpc) is 3.26. The molecule has 0 saturated carbocycles. The largest absolute Gasteiger partial charge is 0.311 e. The normalized spacial score (nSPS) is 10.8. The first-order valence-corrected chi connectivity index (χ1v) is 18.9. The van der Waals surface area contributed by atoms with Gasteiger partial charge in [-0.3, -0.25) is 15.7 Å². The van der Waals surface area contributed by atoms with Crippen LogP contribution in [0.5, 0.6) is 0 Å². The second kappa shape index (κ2) is 16.0. The van der Waals surface area contributed by atoms with E-state index in [-0.39, 0.29) is 11.7 Å². The van der Waals surface area contributed by atoms with Gasteiger partial charge in [0, 0.05) is 33.9 Å². The van der Waals surface area contributed by atoms with Gasteiger partial charge in [0.25, 0.3) is 0 Å². The first-order valence-electron chi connectivity index (χ1n) is 18.9. The number of benzene rings is 8. The zero-order valence-corrected chi connectivity index (χ0v) is 31.5. The van der Waals surface area contributed by atoms with Crippen molar-refractivity contribution in [2.24, 2.45) is 0 Å². The molecule has 0 saturated heterocycles. The van der Waals surface area contributed by atoms with Gasteiger partial charge < -0.3 is 4.90 Å². The molecule has 0 aliphatic carbocycles. The zero-order valence-electron chi connectivity index (χ0n) is 31.5. The Balaban J connectivity index is 1.11. The van der Waals surface area contributed by atoms with E-state index in [1.165, 1.54) is 11.1 Å². The molecule has 0 atom stereocenters. The van der Waals surface area contributed by atoms with Crippen LogP contribution in [-0.2, 0) is 0 Å². The van der Waals surface area contributed by atoms with Gasteiger partial charge in [-0.25, -0.2) is 0 Å². The maximum Gasteiger partial charge on any atom is 0.138 e. The molecular formula is C52H42N4. The number of aryl methyl sites for hydroxylation is 2. The van der Waals surface area contributed by atoms with Gasteiger partial charge in [-0.15, -0.1) is 0 Å². The second-order valence-electron chi connectivity index (χ2n) is 14.0. The van der Waals surface area contributed by atoms with Crippen molar-refractivity contribution in [2.75, 3.05) is 9.80 Å². The summed E-state index contributed by atoms with van der Waals surface area (Å²) >= 11 is 0. The Morgan fingerprint density at radius 3 is 1.11 bits per heavy atom. The molecule has 0 spiro atoms. The van der Waals surface area contributed by atoms with Crippen molar-refractivity contribution in [1.82, 2.24) is 0 Å². The fourth-order valence-electron chi connectivity index (χ4n) is 7.17. The molecule has 0 bridgehead atoms. The molecule has 4 heteroatoms. The van der Waals surface area contributed by atoms with Crippen molar-refractivity contribution >= 4 is 34.4 Å². The summed E-state index contributed by atoms with van der Waals surface area (Å²) in [7, 11) is 0. The molecule has 0 heterocycles. The van der Waals surface area contributed by atoms with Crippen molar-refractivity contribution in [3.63, 3.8) is 0 Å². The van der Waals surface area contributed by atoms with Gasteiger partial charge >= 0.3 is 0 Å². The Morgan fingerprint density at radius 2 is 0.661 bits per heavy atom. The number of rotatable bonds is 9. The standard InChI is InChI=1S/C52H42N4/c1-37-21-31-44(32-22-37)55(45-33-23-38(2)24-34-45)46-35-29-40(30-36-46)48-18-10-12-20-50(48)49-19-11-9-17-47(49)39-25-27-42(28-26-39)52(54)56(43-15-7-4-8-16-43)51(53)41-13-5-3-6-14-41/h3-36,53-54H,1-2H3. The summed E-state index contributed by atoms with van der Waals surface area (Å²) in [6, 6.07) is 70.8. The van der Waals surface area contributed by atoms with E-state index in [2.05, 4.69) is 152 Å². The van der Waals surface area contributed by atoms with E-state index in [1.54, 1.807) is 4.90 Å². The number of hydrogen-bond acceptors (Lipinski definition) is 3. The van der Waals surface area contributed by atoms with Gasteiger partial charge in [0.05, 0.1) is 0 Å². The lowest BCUT2D eigenvalue weighted by Crippen LogP contribution is -2.37. The van der Waals surface area contributed by atoms with Crippen LogP contribution in [0.25, 0.3) is 33.4 Å². The molecule has 0 aromatic heterocycles. The Labute approximate surface area is 329 Å². The third-order valence-corrected chi connectivity index (χ3v) is 10.1. The van der Waals surface area contributed by atoms with Gasteiger partial charge in [-0.1, -0.05) is 169 Å². The summed E-state index contributed by atoms with van der Waals surface area (Å²) < 4.78 is 0. The van der Waals surface area contributed by atoms with Crippen molar-refractivity contribution in [3.8, 4) is 33.4 Å². The van der Waals surface area contributed by atoms with Crippen LogP contribution in [0.1, 0.15) is 22.3 Å². The highest BCUT2D eigenvalue weighted by Crippen LogP contribution is 2.40. The molecule has 270 valence electrons. The first-order chi connectivity index (χ1) is 27.4. The summed E-state index contributed by atoms with van der Waals surface area (Å²) in [6.45, 7) is 4.24. The van der Waals surface area contributed by atoms with E-state index in [0.717, 1.165) is 67.3 Å². The molecule has 0 aliphatic rings. The van der Waals surface area contributed by atoms with Crippen molar-refractivity contribution in [1.29, 1.82) is 10.8 Å². The van der Waals surface area contributed by atoms with E-state index >= 15 is 0 Å². The van der Waals surface area contributed by atoms with E-state index in [4.69, 9.17) is 5.41 Å². The fraction of sp³-hybridized carbons (Fsp3) is 0.0385. The molecule has 2 N–H and O–H groups in total. The zero-order chi connectivity index (χ0) is 38.4. The average molecular weight is 723 g/mol. The highest BCUT2D eigenvalue weighted by molar-refractivity contribution is 6.27. The van der Waals surface area contributed by atoms with Crippen LogP contribution in [0.3, 0.4) is 0 Å². The number of hydrogen-bond donors (Lipinski definition) is 2. The summed E-state index contributed by atoms with van der Waals surface area (Å²) in [5.41, 5.74) is 14.8. The van der Waals surface area contributed by atoms with Gasteiger partial charge in [0.2, 0.25) is 0 Å². The predicted molar refractivity (Wildman–Crippen MR) is 236 cm³/mol. The van der Waals surface area contributed by atoms with E-state index in [1.807, 2.05) is 72.8 Å². The summed E-state index contributed by atoms with van der Waals surface area (Å²) in [5, 5.41) is 18.4. The Bertz CT molecular complexity index is 2550. The Hall–Kier alpha value is -7.30. The lowest BCUT2D eigenvalue weighted by molar-refractivity contribution is 1.27. The first kappa shape index (κ1) is 35.7. The van der Waals surface area contributed by atoms with Crippen molar-refractivity contribution < 1.29 is 0 Å². The summed E-state index contributed by atoms with van der Waals surface area (Å²) in [6.07, 6.45) is 0. The number of nitrogens with one attached hydrogen (secondary N) is 2. The van der Waals surface area contributed by atoms with Crippen molar-refractivity contribution in [2.45, 2.75) is 13.8 Å². The van der Waals surface area contributed by atoms with Crippen LogP contribution in [0, 0.1) is 24.7 Å². The minimum Gasteiger partial charge on any atom is -0.311 e. The smallest absolute Gasteiger partial charge is 0.138 e. The third kappa shape index (κ3) is 7.41. The Kier molecular flexibility index (Phi) is 10.2. The van der Waals surface area contributed by atoms with Crippen LogP contribution < -0.4 is 9.80 Å². The van der Waals surface area contributed by atoms with E-state index in [0.29, 0.717) is 0 Å². The molecule has 8 aromatic rings. The number of amidine groups is 2. The van der Waals surface area contributed by atoms with Crippen LogP contribution in [0.2, 0.25) is 0 Å². The monoisotopic (exact) mass is 722 g/mol. The van der Waals surface area contributed by atoms with E-state index in [9.17, 15) is 5.41 Å².